The van der Waals surface area contributed by atoms with Crippen LogP contribution < -0.4 is 10.2 Å². The molecule has 1 aromatic carbocycles. The van der Waals surface area contributed by atoms with E-state index >= 15 is 0 Å². The van der Waals surface area contributed by atoms with Crippen molar-refractivity contribution in [3.05, 3.63) is 29.8 Å². The molecule has 0 aromatic heterocycles. The molecule has 96 valence electrons. The van der Waals surface area contributed by atoms with Gasteiger partial charge < -0.3 is 10.2 Å². The fraction of sp³-hybridized carbons (Fsp3) is 0.500. The summed E-state index contributed by atoms with van der Waals surface area (Å²) >= 11 is 0. The van der Waals surface area contributed by atoms with Crippen molar-refractivity contribution in [2.24, 2.45) is 0 Å². The predicted molar refractivity (Wildman–Crippen MR) is 63.1 cm³/mol. The third-order valence-electron chi connectivity index (χ3n) is 2.37. The Kier molecular flexibility index (Phi) is 4.81. The maximum atomic E-state index is 12.2. The summed E-state index contributed by atoms with van der Waals surface area (Å²) in [7, 11) is 1.44. The minimum absolute atomic E-state index is 0.572. The number of hydrogen-bond acceptors (Lipinski definition) is 2. The van der Waals surface area contributed by atoms with Gasteiger partial charge in [-0.15, -0.1) is 0 Å². The Bertz CT molecular complexity index is 333. The highest BCUT2D eigenvalue weighted by Crippen LogP contribution is 2.21. The fourth-order valence-corrected chi connectivity index (χ4v) is 1.50. The van der Waals surface area contributed by atoms with Crippen LogP contribution >= 0.6 is 0 Å². The van der Waals surface area contributed by atoms with E-state index in [1.807, 2.05) is 19.1 Å². The molecule has 0 atom stereocenters. The third-order valence-corrected chi connectivity index (χ3v) is 2.37. The van der Waals surface area contributed by atoms with Crippen molar-refractivity contribution >= 4 is 5.69 Å². The Balaban J connectivity index is 2.60. The number of benzene rings is 1. The van der Waals surface area contributed by atoms with Crippen LogP contribution in [0.3, 0.4) is 0 Å². The van der Waals surface area contributed by atoms with Crippen molar-refractivity contribution < 1.29 is 13.2 Å². The second kappa shape index (κ2) is 5.91. The van der Waals surface area contributed by atoms with Gasteiger partial charge in [-0.3, -0.25) is 0 Å². The van der Waals surface area contributed by atoms with Gasteiger partial charge in [-0.1, -0.05) is 19.1 Å². The monoisotopic (exact) mass is 246 g/mol. The minimum atomic E-state index is -4.17. The van der Waals surface area contributed by atoms with Crippen molar-refractivity contribution in [1.82, 2.24) is 5.32 Å². The lowest BCUT2D eigenvalue weighted by atomic mass is 10.2. The Morgan fingerprint density at radius 1 is 1.18 bits per heavy atom. The summed E-state index contributed by atoms with van der Waals surface area (Å²) in [6.07, 6.45) is -4.17. The second-order valence-corrected chi connectivity index (χ2v) is 3.92. The largest absolute Gasteiger partial charge is 0.405 e. The fourth-order valence-electron chi connectivity index (χ4n) is 1.50. The molecule has 0 amide bonds. The molecular weight excluding hydrogens is 229 g/mol. The van der Waals surface area contributed by atoms with Crippen LogP contribution in [-0.2, 0) is 6.54 Å². The number of hydrogen-bond donors (Lipinski definition) is 1. The molecule has 0 saturated carbocycles. The number of nitrogens with zero attached hydrogens (tertiary/aromatic N) is 1. The lowest BCUT2D eigenvalue weighted by Gasteiger charge is -2.21. The zero-order valence-electron chi connectivity index (χ0n) is 10.0. The molecule has 0 saturated heterocycles. The van der Waals surface area contributed by atoms with E-state index in [1.54, 1.807) is 12.1 Å². The summed E-state index contributed by atoms with van der Waals surface area (Å²) in [5.41, 5.74) is 1.64. The van der Waals surface area contributed by atoms with Gasteiger partial charge in [-0.2, -0.15) is 13.2 Å². The normalized spacial score (nSPS) is 11.6. The molecular formula is C12H17F3N2. The maximum absolute atomic E-state index is 12.2. The zero-order chi connectivity index (χ0) is 12.9. The Morgan fingerprint density at radius 3 is 2.24 bits per heavy atom. The van der Waals surface area contributed by atoms with Gasteiger partial charge in [0.25, 0.3) is 0 Å². The topological polar surface area (TPSA) is 15.3 Å². The van der Waals surface area contributed by atoms with E-state index in [9.17, 15) is 13.2 Å². The third kappa shape index (κ3) is 5.08. The Labute approximate surface area is 99.4 Å². The molecule has 1 N–H and O–H groups in total. The van der Waals surface area contributed by atoms with Crippen molar-refractivity contribution in [2.45, 2.75) is 19.6 Å². The van der Waals surface area contributed by atoms with Crippen molar-refractivity contribution in [3.63, 3.8) is 0 Å². The lowest BCUT2D eigenvalue weighted by Crippen LogP contribution is -2.30. The Hall–Kier alpha value is -1.23. The van der Waals surface area contributed by atoms with E-state index in [-0.39, 0.29) is 0 Å². The SMILES string of the molecule is CCNCc1ccc(N(C)CC(F)(F)F)cc1. The number of alkyl halides is 3. The van der Waals surface area contributed by atoms with E-state index in [0.29, 0.717) is 5.69 Å². The lowest BCUT2D eigenvalue weighted by molar-refractivity contribution is -0.119. The standard InChI is InChI=1S/C12H17F3N2/c1-3-16-8-10-4-6-11(7-5-10)17(2)9-12(13,14)15/h4-7,16H,3,8-9H2,1-2H3. The molecule has 0 radical (unpaired) electrons. The van der Waals surface area contributed by atoms with E-state index in [0.717, 1.165) is 18.7 Å². The molecule has 0 fully saturated rings. The predicted octanol–water partition coefficient (Wildman–Crippen LogP) is 2.79. The van der Waals surface area contributed by atoms with Crippen molar-refractivity contribution in [3.8, 4) is 0 Å². The average molecular weight is 246 g/mol. The van der Waals surface area contributed by atoms with E-state index in [2.05, 4.69) is 5.32 Å². The summed E-state index contributed by atoms with van der Waals surface area (Å²) in [5.74, 6) is 0. The summed E-state index contributed by atoms with van der Waals surface area (Å²) < 4.78 is 36.6. The van der Waals surface area contributed by atoms with E-state index in [4.69, 9.17) is 0 Å². The highest BCUT2D eigenvalue weighted by atomic mass is 19.4. The molecule has 0 heterocycles. The highest BCUT2D eigenvalue weighted by molar-refractivity contribution is 5.47. The van der Waals surface area contributed by atoms with E-state index in [1.165, 1.54) is 11.9 Å². The first-order chi connectivity index (χ1) is 7.92. The van der Waals surface area contributed by atoms with Crippen LogP contribution in [0.4, 0.5) is 18.9 Å². The van der Waals surface area contributed by atoms with Crippen LogP contribution in [0, 0.1) is 0 Å². The van der Waals surface area contributed by atoms with Crippen LogP contribution in [0.15, 0.2) is 24.3 Å². The van der Waals surface area contributed by atoms with Gasteiger partial charge in [0.05, 0.1) is 0 Å². The number of nitrogens with one attached hydrogen (secondary N) is 1. The molecule has 0 spiro atoms. The zero-order valence-corrected chi connectivity index (χ0v) is 10.0. The van der Waals surface area contributed by atoms with Crippen LogP contribution in [0.1, 0.15) is 12.5 Å². The van der Waals surface area contributed by atoms with Gasteiger partial charge in [0.1, 0.15) is 6.54 Å². The average Bonchev–Trinajstić information content (AvgIpc) is 2.24. The molecule has 0 aliphatic heterocycles. The molecule has 0 aliphatic rings. The molecule has 1 aromatic rings. The van der Waals surface area contributed by atoms with Crippen molar-refractivity contribution in [1.29, 1.82) is 0 Å². The van der Waals surface area contributed by atoms with Gasteiger partial charge in [-0.05, 0) is 24.2 Å². The summed E-state index contributed by atoms with van der Waals surface area (Å²) in [6.45, 7) is 2.68. The van der Waals surface area contributed by atoms with Crippen LogP contribution in [0.5, 0.6) is 0 Å². The maximum Gasteiger partial charge on any atom is 0.405 e. The van der Waals surface area contributed by atoms with Crippen LogP contribution in [0.2, 0.25) is 0 Å². The first-order valence-electron chi connectivity index (χ1n) is 5.50. The summed E-state index contributed by atoms with van der Waals surface area (Å²) in [6, 6.07) is 7.09. The minimum Gasteiger partial charge on any atom is -0.366 e. The van der Waals surface area contributed by atoms with E-state index < -0.39 is 12.7 Å². The highest BCUT2D eigenvalue weighted by Gasteiger charge is 2.29. The van der Waals surface area contributed by atoms with Crippen LogP contribution in [0.25, 0.3) is 0 Å². The van der Waals surface area contributed by atoms with Gasteiger partial charge >= 0.3 is 6.18 Å². The molecule has 0 bridgehead atoms. The van der Waals surface area contributed by atoms with Gasteiger partial charge in [0.2, 0.25) is 0 Å². The smallest absolute Gasteiger partial charge is 0.366 e. The number of rotatable bonds is 5. The Morgan fingerprint density at radius 2 is 1.76 bits per heavy atom. The first-order valence-corrected chi connectivity index (χ1v) is 5.50. The van der Waals surface area contributed by atoms with Gasteiger partial charge in [0.15, 0.2) is 0 Å². The molecule has 17 heavy (non-hydrogen) atoms. The first kappa shape index (κ1) is 13.8. The molecule has 5 heteroatoms. The quantitative estimate of drug-likeness (QED) is 0.859. The number of anilines is 1. The molecule has 2 nitrogen and oxygen atoms in total. The molecule has 1 rings (SSSR count). The molecule has 0 unspecified atom stereocenters. The van der Waals surface area contributed by atoms with Crippen LogP contribution in [-0.4, -0.2) is 26.3 Å². The van der Waals surface area contributed by atoms with Crippen molar-refractivity contribution in [2.75, 3.05) is 25.0 Å². The summed E-state index contributed by atoms with van der Waals surface area (Å²) in [5, 5.41) is 3.16. The number of halogens is 3. The van der Waals surface area contributed by atoms with Gasteiger partial charge in [0, 0.05) is 19.3 Å². The summed E-state index contributed by atoms with van der Waals surface area (Å²) in [4.78, 5) is 1.19. The molecule has 0 aliphatic carbocycles. The van der Waals surface area contributed by atoms with Gasteiger partial charge in [-0.25, -0.2) is 0 Å². The second-order valence-electron chi connectivity index (χ2n) is 3.92.